The topological polar surface area (TPSA) is 67.1 Å². The third kappa shape index (κ3) is 5.77. The van der Waals surface area contributed by atoms with E-state index in [1.165, 1.54) is 0 Å². The Hall–Kier alpha value is 0.01000. The van der Waals surface area contributed by atoms with E-state index < -0.39 is 12.8 Å². The summed E-state index contributed by atoms with van der Waals surface area (Å²) in [7, 11) is -2.40. The lowest BCUT2D eigenvalue weighted by molar-refractivity contribution is -0.691. The number of pyridine rings is 1. The molecule has 0 bridgehead atoms. The van der Waals surface area contributed by atoms with Gasteiger partial charge >= 0.3 is 0 Å². The lowest BCUT2D eigenvalue weighted by Crippen LogP contribution is -2.36. The van der Waals surface area contributed by atoms with Gasteiger partial charge in [0.05, 0.1) is 0 Å². The van der Waals surface area contributed by atoms with Gasteiger partial charge < -0.3 is 5.32 Å². The summed E-state index contributed by atoms with van der Waals surface area (Å²) in [4.78, 5) is 11.7. The van der Waals surface area contributed by atoms with E-state index in [0.717, 1.165) is 0 Å². The van der Waals surface area contributed by atoms with Crippen molar-refractivity contribution in [1.82, 2.24) is 0 Å². The molecule has 1 aromatic rings. The first-order chi connectivity index (χ1) is 8.29. The maximum Gasteiger partial charge on any atom is 0.263 e. The Balaban J connectivity index is 2.73. The third-order valence-electron chi connectivity index (χ3n) is 1.91. The van der Waals surface area contributed by atoms with Crippen LogP contribution in [0.15, 0.2) is 24.5 Å². The molecule has 1 rings (SSSR count). The van der Waals surface area contributed by atoms with Gasteiger partial charge in [-0.25, -0.2) is 13.0 Å². The smallest absolute Gasteiger partial charge is 0.263 e. The monoisotopic (exact) mass is 463 g/mol. The van der Waals surface area contributed by atoms with Gasteiger partial charge in [-0.3, -0.25) is 4.79 Å². The maximum atomic E-state index is 11.7. The zero-order valence-electron chi connectivity index (χ0n) is 8.98. The number of halogens is 3. The molecule has 0 spiro atoms. The molecule has 0 fully saturated rings. The van der Waals surface area contributed by atoms with Crippen molar-refractivity contribution in [2.75, 3.05) is 11.1 Å². The number of anilines is 1. The number of thiol groups is 1. The molecule has 0 aromatic carbocycles. The average molecular weight is 466 g/mol. The summed E-state index contributed by atoms with van der Waals surface area (Å²) in [5.74, 6) is -0.258. The molecule has 0 radical (unpaired) electrons. The van der Waals surface area contributed by atoms with Crippen LogP contribution in [-0.2, 0) is 22.0 Å². The predicted molar refractivity (Wildman–Crippen MR) is 80.0 cm³/mol. The molecule has 1 amide bonds. The first-order valence-corrected chi connectivity index (χ1v) is 8.52. The molecule has 100 valence electrons. The number of hydrogen-bond donors (Lipinski definition) is 2. The molecule has 0 aliphatic rings. The molecule has 0 aliphatic carbocycles. The van der Waals surface area contributed by atoms with Crippen LogP contribution < -0.4 is 9.88 Å². The molecule has 1 heterocycles. The van der Waals surface area contributed by atoms with Crippen molar-refractivity contribution in [3.8, 4) is 0 Å². The summed E-state index contributed by atoms with van der Waals surface area (Å²) in [6.07, 6.45) is 3.40. The molecule has 1 aromatic heterocycles. The highest BCUT2D eigenvalue weighted by Crippen LogP contribution is 2.34. The Morgan fingerprint density at radius 1 is 1.39 bits per heavy atom. The van der Waals surface area contributed by atoms with Gasteiger partial charge in [-0.1, -0.05) is 0 Å². The molecule has 1 N–H and O–H groups in total. The van der Waals surface area contributed by atoms with E-state index in [2.05, 4.69) is 53.1 Å². The summed E-state index contributed by atoms with van der Waals surface area (Å²) >= 11 is 9.31. The Labute approximate surface area is 131 Å². The van der Waals surface area contributed by atoms with Crippen molar-refractivity contribution in [3.05, 3.63) is 24.5 Å². The van der Waals surface area contributed by atoms with Gasteiger partial charge in [-0.2, -0.15) is 0 Å². The number of rotatable bonds is 4. The first-order valence-electron chi connectivity index (χ1n) is 4.78. The van der Waals surface area contributed by atoms with E-state index in [-0.39, 0.29) is 11.7 Å². The van der Waals surface area contributed by atoms with Crippen LogP contribution in [-0.4, -0.2) is 22.2 Å². The van der Waals surface area contributed by atoms with Crippen molar-refractivity contribution in [2.24, 2.45) is 0 Å². The molecular formula is C9H10Br3N2O3S+. The van der Waals surface area contributed by atoms with Crippen LogP contribution in [0.2, 0.25) is 0 Å². The van der Waals surface area contributed by atoms with Crippen LogP contribution in [0.3, 0.4) is 0 Å². The van der Waals surface area contributed by atoms with E-state index in [0.29, 0.717) is 12.2 Å². The second-order valence-corrected chi connectivity index (χ2v) is 11.2. The Morgan fingerprint density at radius 2 is 2.06 bits per heavy atom. The summed E-state index contributed by atoms with van der Waals surface area (Å²) in [5.41, 5.74) is 0.575. The number of carbonyl (C=O) groups excluding carboxylic acids is 1. The molecule has 9 heteroatoms. The van der Waals surface area contributed by atoms with Gasteiger partial charge in [0, 0.05) is 6.07 Å². The van der Waals surface area contributed by atoms with E-state index in [1.54, 1.807) is 29.1 Å². The number of nitrogens with one attached hydrogen (secondary N) is 1. The van der Waals surface area contributed by atoms with Crippen molar-refractivity contribution in [1.29, 1.82) is 0 Å². The first kappa shape index (κ1) is 16.1. The van der Waals surface area contributed by atoms with Crippen LogP contribution in [0, 0.1) is 0 Å². The fraction of sp³-hybridized carbons (Fsp3) is 0.333. The van der Waals surface area contributed by atoms with Gasteiger partial charge in [0.1, 0.15) is 22.1 Å². The lowest BCUT2D eigenvalue weighted by atomic mass is 10.4. The van der Waals surface area contributed by atoms with Gasteiger partial charge in [0.2, 0.25) is 2.14 Å². The Morgan fingerprint density at radius 3 is 2.61 bits per heavy atom. The number of aryl methyl sites for hydroxylation is 1. The number of carbonyl (C=O) groups is 1. The number of hydrogen-bond acceptors (Lipinski definition) is 3. The molecule has 0 saturated heterocycles. The second-order valence-electron chi connectivity index (χ2n) is 3.34. The van der Waals surface area contributed by atoms with E-state index >= 15 is 0 Å². The van der Waals surface area contributed by atoms with Crippen molar-refractivity contribution < 1.29 is 17.8 Å². The second kappa shape index (κ2) is 6.97. The molecule has 5 nitrogen and oxygen atoms in total. The minimum atomic E-state index is -2.40. The summed E-state index contributed by atoms with van der Waals surface area (Å²) < 4.78 is 21.7. The predicted octanol–water partition coefficient (Wildman–Crippen LogP) is 1.36. The zero-order valence-corrected chi connectivity index (χ0v) is 14.6. The highest BCUT2D eigenvalue weighted by Gasteiger charge is 2.28. The number of amides is 1. The van der Waals surface area contributed by atoms with Crippen LogP contribution >= 0.6 is 47.8 Å². The van der Waals surface area contributed by atoms with Crippen LogP contribution in [0.1, 0.15) is 0 Å². The van der Waals surface area contributed by atoms with Gasteiger partial charge in [0.15, 0.2) is 18.9 Å². The highest BCUT2D eigenvalue weighted by atomic mass is 80.0. The maximum absolute atomic E-state index is 11.7. The highest BCUT2D eigenvalue weighted by molar-refractivity contribution is 9.40. The molecule has 0 saturated carbocycles. The minimum absolute atomic E-state index is 0.0661. The summed E-state index contributed by atoms with van der Waals surface area (Å²) in [6.45, 7) is 0.352. The third-order valence-corrected chi connectivity index (χ3v) is 3.56. The van der Waals surface area contributed by atoms with Crippen LogP contribution in [0.5, 0.6) is 0 Å². The molecular weight excluding hydrogens is 456 g/mol. The standard InChI is InChI=1S/C9H9Br3N2O3S/c10-9(11,12)8(15)13-7-2-1-3-14(6-7)4-5-18(16)17/h1-3,6,18H,4-5H2/p+1. The Bertz CT molecular complexity index is 506. The van der Waals surface area contributed by atoms with Crippen molar-refractivity contribution in [3.63, 3.8) is 0 Å². The normalized spacial score (nSPS) is 11.6. The fourth-order valence-corrected chi connectivity index (χ4v) is 1.83. The minimum Gasteiger partial charge on any atom is -0.318 e. The van der Waals surface area contributed by atoms with Gasteiger partial charge in [0.25, 0.3) is 5.91 Å². The number of nitrogens with zero attached hydrogens (tertiary/aromatic N) is 1. The SMILES string of the molecule is O=C(Nc1ccc[n+](CC[SH](=O)=O)c1)C(Br)(Br)Br. The van der Waals surface area contributed by atoms with Gasteiger partial charge in [-0.05, 0) is 53.9 Å². The van der Waals surface area contributed by atoms with E-state index in [4.69, 9.17) is 0 Å². The number of aromatic nitrogens is 1. The quantitative estimate of drug-likeness (QED) is 0.401. The van der Waals surface area contributed by atoms with Crippen LogP contribution in [0.25, 0.3) is 0 Å². The van der Waals surface area contributed by atoms with Gasteiger partial charge in [-0.15, -0.1) is 0 Å². The van der Waals surface area contributed by atoms with Crippen molar-refractivity contribution in [2.45, 2.75) is 8.69 Å². The zero-order chi connectivity index (χ0) is 13.8. The van der Waals surface area contributed by atoms with Crippen molar-refractivity contribution >= 4 is 70.1 Å². The summed E-state index contributed by atoms with van der Waals surface area (Å²) in [6, 6.07) is 3.44. The van der Waals surface area contributed by atoms with E-state index in [1.807, 2.05) is 0 Å². The van der Waals surface area contributed by atoms with Crippen LogP contribution in [0.4, 0.5) is 5.69 Å². The Kier molecular flexibility index (Phi) is 6.22. The average Bonchev–Trinajstić information content (AvgIpc) is 2.25. The fourth-order valence-electron chi connectivity index (χ4n) is 1.13. The molecule has 0 atom stereocenters. The summed E-state index contributed by atoms with van der Waals surface area (Å²) in [5, 5.41) is 2.66. The van der Waals surface area contributed by atoms with E-state index in [9.17, 15) is 13.2 Å². The molecule has 0 aliphatic heterocycles. The largest absolute Gasteiger partial charge is 0.318 e. The molecule has 0 unspecified atom stereocenters. The number of alkyl halides is 3. The molecule has 18 heavy (non-hydrogen) atoms. The lowest BCUT2D eigenvalue weighted by Gasteiger charge is -2.11.